The van der Waals surface area contributed by atoms with E-state index in [9.17, 15) is 4.79 Å². The second kappa shape index (κ2) is 5.84. The molecule has 1 N–H and O–H groups in total. The van der Waals surface area contributed by atoms with Crippen molar-refractivity contribution in [2.75, 3.05) is 0 Å². The third-order valence-electron chi connectivity index (χ3n) is 4.24. The molecule has 1 aliphatic carbocycles. The summed E-state index contributed by atoms with van der Waals surface area (Å²) in [6.07, 6.45) is 5.54. The Bertz CT molecular complexity index is 676. The molecule has 0 atom stereocenters. The highest BCUT2D eigenvalue weighted by Gasteiger charge is 2.19. The summed E-state index contributed by atoms with van der Waals surface area (Å²) in [6, 6.07) is 8.17. The second-order valence-electron chi connectivity index (χ2n) is 6.27. The third-order valence-corrected chi connectivity index (χ3v) is 4.24. The van der Waals surface area contributed by atoms with Crippen LogP contribution in [0.2, 0.25) is 0 Å². The molecule has 110 valence electrons. The summed E-state index contributed by atoms with van der Waals surface area (Å²) >= 11 is 0. The molecule has 1 aliphatic rings. The number of aromatic nitrogens is 2. The fourth-order valence-corrected chi connectivity index (χ4v) is 3.41. The standard InChI is InChI=1S/C18H22N2O/c1-12-7-13(2)9-14(8-12)10-17-19-16(11-18(21)20-17)15-5-3-4-6-15/h7-9,11,15H,3-6,10H2,1-2H3,(H,19,20,21). The van der Waals surface area contributed by atoms with Gasteiger partial charge in [0.05, 0.1) is 5.69 Å². The van der Waals surface area contributed by atoms with Crippen LogP contribution in [0.4, 0.5) is 0 Å². The summed E-state index contributed by atoms with van der Waals surface area (Å²) in [6.45, 7) is 4.20. The maximum Gasteiger partial charge on any atom is 0.251 e. The first kappa shape index (κ1) is 14.1. The molecule has 0 spiro atoms. The topological polar surface area (TPSA) is 45.8 Å². The van der Waals surface area contributed by atoms with Gasteiger partial charge in [0.25, 0.3) is 5.56 Å². The Balaban J connectivity index is 1.89. The summed E-state index contributed by atoms with van der Waals surface area (Å²) in [5.74, 6) is 1.26. The van der Waals surface area contributed by atoms with Crippen molar-refractivity contribution in [1.82, 2.24) is 9.97 Å². The summed E-state index contributed by atoms with van der Waals surface area (Å²) < 4.78 is 0. The van der Waals surface area contributed by atoms with Crippen molar-refractivity contribution < 1.29 is 0 Å². The Hall–Kier alpha value is -1.90. The number of nitrogens with one attached hydrogen (secondary N) is 1. The Labute approximate surface area is 125 Å². The molecule has 1 aromatic carbocycles. The van der Waals surface area contributed by atoms with Gasteiger partial charge in [-0.2, -0.15) is 0 Å². The van der Waals surface area contributed by atoms with Crippen LogP contribution in [-0.2, 0) is 6.42 Å². The maximum atomic E-state index is 11.9. The first-order valence-electron chi connectivity index (χ1n) is 7.77. The smallest absolute Gasteiger partial charge is 0.251 e. The Kier molecular flexibility index (Phi) is 3.91. The summed E-state index contributed by atoms with van der Waals surface area (Å²) in [7, 11) is 0. The number of H-pyrrole nitrogens is 1. The van der Waals surface area contributed by atoms with Gasteiger partial charge in [-0.1, -0.05) is 42.2 Å². The van der Waals surface area contributed by atoms with E-state index < -0.39 is 0 Å². The number of benzene rings is 1. The van der Waals surface area contributed by atoms with Gasteiger partial charge in [-0.15, -0.1) is 0 Å². The molecule has 0 saturated heterocycles. The lowest BCUT2D eigenvalue weighted by molar-refractivity contribution is 0.683. The fourth-order valence-electron chi connectivity index (χ4n) is 3.41. The van der Waals surface area contributed by atoms with Gasteiger partial charge in [0.2, 0.25) is 0 Å². The van der Waals surface area contributed by atoms with Crippen molar-refractivity contribution in [3.05, 3.63) is 62.8 Å². The van der Waals surface area contributed by atoms with Gasteiger partial charge in [0.15, 0.2) is 0 Å². The molecule has 3 nitrogen and oxygen atoms in total. The van der Waals surface area contributed by atoms with Crippen molar-refractivity contribution >= 4 is 0 Å². The minimum absolute atomic E-state index is 0.0220. The highest BCUT2D eigenvalue weighted by molar-refractivity contribution is 5.30. The Morgan fingerprint density at radius 3 is 2.43 bits per heavy atom. The van der Waals surface area contributed by atoms with Crippen LogP contribution in [0.1, 0.15) is 59.8 Å². The second-order valence-corrected chi connectivity index (χ2v) is 6.27. The van der Waals surface area contributed by atoms with E-state index in [-0.39, 0.29) is 5.56 Å². The Morgan fingerprint density at radius 2 is 1.76 bits per heavy atom. The van der Waals surface area contributed by atoms with Crippen LogP contribution in [0.5, 0.6) is 0 Å². The average Bonchev–Trinajstić information content (AvgIpc) is 2.90. The molecule has 1 heterocycles. The predicted molar refractivity (Wildman–Crippen MR) is 84.8 cm³/mol. The van der Waals surface area contributed by atoms with Crippen molar-refractivity contribution in [1.29, 1.82) is 0 Å². The lowest BCUT2D eigenvalue weighted by Crippen LogP contribution is -2.14. The van der Waals surface area contributed by atoms with E-state index in [0.29, 0.717) is 12.3 Å². The molecule has 0 bridgehead atoms. The maximum absolute atomic E-state index is 11.9. The summed E-state index contributed by atoms with van der Waals surface area (Å²) in [5.41, 5.74) is 4.67. The monoisotopic (exact) mass is 282 g/mol. The molecule has 1 saturated carbocycles. The first-order chi connectivity index (χ1) is 10.1. The van der Waals surface area contributed by atoms with Crippen molar-refractivity contribution in [3.8, 4) is 0 Å². The summed E-state index contributed by atoms with van der Waals surface area (Å²) in [5, 5.41) is 0. The molecular formula is C18H22N2O. The molecule has 0 radical (unpaired) electrons. The van der Waals surface area contributed by atoms with Crippen molar-refractivity contribution in [3.63, 3.8) is 0 Å². The van der Waals surface area contributed by atoms with Crippen molar-refractivity contribution in [2.24, 2.45) is 0 Å². The normalized spacial score (nSPS) is 15.5. The van der Waals surface area contributed by atoms with E-state index in [0.717, 1.165) is 11.5 Å². The van der Waals surface area contributed by atoms with Crippen LogP contribution in [0.25, 0.3) is 0 Å². The van der Waals surface area contributed by atoms with E-state index in [1.54, 1.807) is 6.07 Å². The minimum atomic E-state index is -0.0220. The molecule has 0 aliphatic heterocycles. The molecule has 1 aromatic heterocycles. The van der Waals surface area contributed by atoms with Crippen LogP contribution < -0.4 is 5.56 Å². The van der Waals surface area contributed by atoms with Gasteiger partial charge < -0.3 is 4.98 Å². The molecule has 1 fully saturated rings. The van der Waals surface area contributed by atoms with Gasteiger partial charge in [0.1, 0.15) is 5.82 Å². The van der Waals surface area contributed by atoms with Gasteiger partial charge >= 0.3 is 0 Å². The van der Waals surface area contributed by atoms with E-state index in [1.165, 1.54) is 42.4 Å². The van der Waals surface area contributed by atoms with Gasteiger partial charge in [-0.3, -0.25) is 4.79 Å². The van der Waals surface area contributed by atoms with E-state index in [1.807, 2.05) is 0 Å². The zero-order valence-corrected chi connectivity index (χ0v) is 12.8. The zero-order chi connectivity index (χ0) is 14.8. The Morgan fingerprint density at radius 1 is 1.10 bits per heavy atom. The molecular weight excluding hydrogens is 260 g/mol. The quantitative estimate of drug-likeness (QED) is 0.934. The number of hydrogen-bond donors (Lipinski definition) is 1. The van der Waals surface area contributed by atoms with Crippen LogP contribution in [-0.4, -0.2) is 9.97 Å². The molecule has 3 heteroatoms. The number of aromatic amines is 1. The van der Waals surface area contributed by atoms with Crippen LogP contribution in [0, 0.1) is 13.8 Å². The highest BCUT2D eigenvalue weighted by Crippen LogP contribution is 2.32. The largest absolute Gasteiger partial charge is 0.310 e. The molecule has 0 unspecified atom stereocenters. The van der Waals surface area contributed by atoms with E-state index in [2.05, 4.69) is 37.0 Å². The molecule has 2 aromatic rings. The lowest BCUT2D eigenvalue weighted by atomic mass is 10.0. The molecule has 0 amide bonds. The molecule has 21 heavy (non-hydrogen) atoms. The summed E-state index contributed by atoms with van der Waals surface area (Å²) in [4.78, 5) is 19.5. The van der Waals surface area contributed by atoms with Gasteiger partial charge in [-0.25, -0.2) is 4.98 Å². The fraction of sp³-hybridized carbons (Fsp3) is 0.444. The number of hydrogen-bond acceptors (Lipinski definition) is 2. The lowest BCUT2D eigenvalue weighted by Gasteiger charge is -2.10. The zero-order valence-electron chi connectivity index (χ0n) is 12.8. The van der Waals surface area contributed by atoms with Crippen LogP contribution in [0.3, 0.4) is 0 Å². The number of aryl methyl sites for hydroxylation is 2. The third kappa shape index (κ3) is 3.41. The predicted octanol–water partition coefficient (Wildman–Crippen LogP) is 3.64. The number of rotatable bonds is 3. The van der Waals surface area contributed by atoms with E-state index in [4.69, 9.17) is 4.98 Å². The minimum Gasteiger partial charge on any atom is -0.310 e. The van der Waals surface area contributed by atoms with Crippen molar-refractivity contribution in [2.45, 2.75) is 51.9 Å². The van der Waals surface area contributed by atoms with E-state index >= 15 is 0 Å². The SMILES string of the molecule is Cc1cc(C)cc(Cc2nc(C3CCCC3)cc(=O)[nH]2)c1. The van der Waals surface area contributed by atoms with Crippen LogP contribution >= 0.6 is 0 Å². The number of nitrogens with zero attached hydrogens (tertiary/aromatic N) is 1. The first-order valence-corrected chi connectivity index (χ1v) is 7.77. The van der Waals surface area contributed by atoms with Gasteiger partial charge in [-0.05, 0) is 32.3 Å². The van der Waals surface area contributed by atoms with Crippen LogP contribution in [0.15, 0.2) is 29.1 Å². The average molecular weight is 282 g/mol. The molecule has 3 rings (SSSR count). The highest BCUT2D eigenvalue weighted by atomic mass is 16.1. The van der Waals surface area contributed by atoms with Gasteiger partial charge in [0, 0.05) is 18.4 Å².